The molecule has 0 fully saturated rings. The first-order valence-electron chi connectivity index (χ1n) is 8.61. The number of aromatic nitrogens is 1. The van der Waals surface area contributed by atoms with Crippen molar-refractivity contribution in [1.82, 2.24) is 9.88 Å². The van der Waals surface area contributed by atoms with Crippen LogP contribution in [0, 0.1) is 11.6 Å². The molecule has 0 aliphatic carbocycles. The lowest BCUT2D eigenvalue weighted by Crippen LogP contribution is -2.32. The first kappa shape index (κ1) is 20.7. The summed E-state index contributed by atoms with van der Waals surface area (Å²) in [7, 11) is -2.37. The molecule has 0 bridgehead atoms. The molecule has 29 heavy (non-hydrogen) atoms. The number of nitrogens with zero attached hydrogens (tertiary/aromatic N) is 2. The van der Waals surface area contributed by atoms with E-state index in [1.807, 2.05) is 0 Å². The van der Waals surface area contributed by atoms with Crippen molar-refractivity contribution in [3.05, 3.63) is 77.7 Å². The van der Waals surface area contributed by atoms with E-state index in [2.05, 4.69) is 4.98 Å². The van der Waals surface area contributed by atoms with Crippen LogP contribution >= 0.6 is 0 Å². The molecule has 0 atom stereocenters. The average molecular weight is 420 g/mol. The molecule has 6 nitrogen and oxygen atoms in total. The fraction of sp³-hybridized carbons (Fsp3) is 0.200. The Morgan fingerprint density at radius 1 is 1.10 bits per heavy atom. The molecule has 3 aromatic rings. The van der Waals surface area contributed by atoms with Gasteiger partial charge in [-0.1, -0.05) is 18.2 Å². The molecule has 3 rings (SSSR count). The molecule has 0 saturated heterocycles. The molecule has 1 amide bonds. The number of benzene rings is 2. The lowest BCUT2D eigenvalue weighted by atomic mass is 10.2. The summed E-state index contributed by atoms with van der Waals surface area (Å²) in [5.41, 5.74) is 1.04. The molecule has 0 aliphatic rings. The standard InChI is InChI=1S/C20H18F2N2O4S/c1-24(10-14-4-2-6-16(21)8-14)19(25)13-29(26,27)12-18-11-28-20(23-18)15-5-3-7-17(22)9-15/h2-9,11H,10,12-13H2,1H3. The van der Waals surface area contributed by atoms with Gasteiger partial charge in [0.05, 0.1) is 11.4 Å². The van der Waals surface area contributed by atoms with Crippen molar-refractivity contribution in [3.8, 4) is 11.5 Å². The van der Waals surface area contributed by atoms with Gasteiger partial charge < -0.3 is 9.32 Å². The zero-order chi connectivity index (χ0) is 21.0. The maximum atomic E-state index is 13.3. The summed E-state index contributed by atoms with van der Waals surface area (Å²) >= 11 is 0. The van der Waals surface area contributed by atoms with Crippen molar-refractivity contribution >= 4 is 15.7 Å². The highest BCUT2D eigenvalue weighted by Crippen LogP contribution is 2.20. The van der Waals surface area contributed by atoms with E-state index >= 15 is 0 Å². The Hall–Kier alpha value is -3.07. The second kappa shape index (κ2) is 8.52. The van der Waals surface area contributed by atoms with Crippen LogP contribution in [-0.4, -0.2) is 37.0 Å². The second-order valence-corrected chi connectivity index (χ2v) is 8.63. The summed E-state index contributed by atoms with van der Waals surface area (Å²) in [4.78, 5) is 17.5. The van der Waals surface area contributed by atoms with Gasteiger partial charge in [0.15, 0.2) is 9.84 Å². The minimum absolute atomic E-state index is 0.0831. The third-order valence-electron chi connectivity index (χ3n) is 4.07. The van der Waals surface area contributed by atoms with Crippen molar-refractivity contribution in [2.75, 3.05) is 12.8 Å². The van der Waals surface area contributed by atoms with E-state index in [4.69, 9.17) is 4.42 Å². The second-order valence-electron chi connectivity index (χ2n) is 6.57. The first-order chi connectivity index (χ1) is 13.7. The molecule has 0 saturated carbocycles. The zero-order valence-electron chi connectivity index (χ0n) is 15.5. The number of halogens is 2. The van der Waals surface area contributed by atoms with Crippen LogP contribution in [0.3, 0.4) is 0 Å². The van der Waals surface area contributed by atoms with Crippen LogP contribution in [0.15, 0.2) is 59.2 Å². The van der Waals surface area contributed by atoms with E-state index < -0.39 is 38.9 Å². The molecule has 1 heterocycles. The van der Waals surface area contributed by atoms with Crippen LogP contribution in [0.4, 0.5) is 8.78 Å². The summed E-state index contributed by atoms with van der Waals surface area (Å²) in [6.45, 7) is 0.0831. The highest BCUT2D eigenvalue weighted by molar-refractivity contribution is 7.91. The molecular formula is C20H18F2N2O4S. The molecule has 0 radical (unpaired) electrons. The van der Waals surface area contributed by atoms with Gasteiger partial charge in [-0.05, 0) is 35.9 Å². The minimum atomic E-state index is -3.82. The maximum absolute atomic E-state index is 13.3. The largest absolute Gasteiger partial charge is 0.444 e. The summed E-state index contributed by atoms with van der Waals surface area (Å²) in [5, 5.41) is 0. The molecule has 1 aromatic heterocycles. The molecule has 152 valence electrons. The Labute approximate surface area is 166 Å². The van der Waals surface area contributed by atoms with Crippen LogP contribution in [-0.2, 0) is 26.9 Å². The van der Waals surface area contributed by atoms with Gasteiger partial charge in [-0.25, -0.2) is 22.2 Å². The highest BCUT2D eigenvalue weighted by Gasteiger charge is 2.22. The predicted octanol–water partition coefficient (Wildman–Crippen LogP) is 3.19. The van der Waals surface area contributed by atoms with Gasteiger partial charge in [0.1, 0.15) is 23.7 Å². The lowest BCUT2D eigenvalue weighted by Gasteiger charge is -2.17. The van der Waals surface area contributed by atoms with Gasteiger partial charge >= 0.3 is 0 Å². The van der Waals surface area contributed by atoms with Gasteiger partial charge in [0, 0.05) is 19.2 Å². The van der Waals surface area contributed by atoms with Crippen LogP contribution in [0.25, 0.3) is 11.5 Å². The number of hydrogen-bond donors (Lipinski definition) is 0. The number of oxazole rings is 1. The molecule has 9 heteroatoms. The quantitative estimate of drug-likeness (QED) is 0.586. The molecule has 0 aliphatic heterocycles. The zero-order valence-corrected chi connectivity index (χ0v) is 16.3. The lowest BCUT2D eigenvalue weighted by molar-refractivity contribution is -0.127. The average Bonchev–Trinajstić information content (AvgIpc) is 3.09. The van der Waals surface area contributed by atoms with Gasteiger partial charge in [0.25, 0.3) is 0 Å². The third kappa shape index (κ3) is 5.71. The van der Waals surface area contributed by atoms with Crippen molar-refractivity contribution in [2.24, 2.45) is 0 Å². The maximum Gasteiger partial charge on any atom is 0.237 e. The van der Waals surface area contributed by atoms with Gasteiger partial charge in [0.2, 0.25) is 11.8 Å². The van der Waals surface area contributed by atoms with Crippen molar-refractivity contribution in [1.29, 1.82) is 0 Å². The third-order valence-corrected chi connectivity index (χ3v) is 5.49. The number of carbonyl (C=O) groups excluding carboxylic acids is 1. The Balaban J connectivity index is 1.63. The number of hydrogen-bond acceptors (Lipinski definition) is 5. The number of rotatable bonds is 7. The summed E-state index contributed by atoms with van der Waals surface area (Å²) in [5.74, 6) is -2.66. The summed E-state index contributed by atoms with van der Waals surface area (Å²) in [6.07, 6.45) is 1.17. The van der Waals surface area contributed by atoms with E-state index in [-0.39, 0.29) is 18.1 Å². The molecule has 2 aromatic carbocycles. The van der Waals surface area contributed by atoms with E-state index in [9.17, 15) is 22.0 Å². The molecule has 0 N–H and O–H groups in total. The smallest absolute Gasteiger partial charge is 0.237 e. The molecule has 0 unspecified atom stereocenters. The normalized spacial score (nSPS) is 11.4. The van der Waals surface area contributed by atoms with Gasteiger partial charge in [-0.15, -0.1) is 0 Å². The Kier molecular flexibility index (Phi) is 6.07. The van der Waals surface area contributed by atoms with Crippen LogP contribution in [0.2, 0.25) is 0 Å². The van der Waals surface area contributed by atoms with E-state index in [1.54, 1.807) is 12.1 Å². The van der Waals surface area contributed by atoms with Crippen LogP contribution in [0.5, 0.6) is 0 Å². The Bertz CT molecular complexity index is 1130. The Morgan fingerprint density at radius 3 is 2.48 bits per heavy atom. The SMILES string of the molecule is CN(Cc1cccc(F)c1)C(=O)CS(=O)(=O)Cc1coc(-c2cccc(F)c2)n1. The predicted molar refractivity (Wildman–Crippen MR) is 102 cm³/mol. The van der Waals surface area contributed by atoms with E-state index in [0.29, 0.717) is 11.1 Å². The monoisotopic (exact) mass is 420 g/mol. The number of carbonyl (C=O) groups is 1. The van der Waals surface area contributed by atoms with Crippen LogP contribution < -0.4 is 0 Å². The van der Waals surface area contributed by atoms with E-state index in [1.165, 1.54) is 54.6 Å². The fourth-order valence-corrected chi connectivity index (χ4v) is 3.98. The van der Waals surface area contributed by atoms with Crippen molar-refractivity contribution in [2.45, 2.75) is 12.3 Å². The van der Waals surface area contributed by atoms with Crippen molar-refractivity contribution in [3.63, 3.8) is 0 Å². The van der Waals surface area contributed by atoms with Gasteiger partial charge in [-0.3, -0.25) is 4.79 Å². The van der Waals surface area contributed by atoms with Gasteiger partial charge in [-0.2, -0.15) is 0 Å². The highest BCUT2D eigenvalue weighted by atomic mass is 32.2. The number of sulfone groups is 1. The van der Waals surface area contributed by atoms with Crippen molar-refractivity contribution < 1.29 is 26.4 Å². The van der Waals surface area contributed by atoms with E-state index in [0.717, 1.165) is 0 Å². The topological polar surface area (TPSA) is 80.5 Å². The minimum Gasteiger partial charge on any atom is -0.444 e. The Morgan fingerprint density at radius 2 is 1.79 bits per heavy atom. The molecular weight excluding hydrogens is 402 g/mol. The van der Waals surface area contributed by atoms with Crippen LogP contribution in [0.1, 0.15) is 11.3 Å². The summed E-state index contributed by atoms with van der Waals surface area (Å²) in [6, 6.07) is 11.3. The fourth-order valence-electron chi connectivity index (χ4n) is 2.70. The summed E-state index contributed by atoms with van der Waals surface area (Å²) < 4.78 is 56.5. The molecule has 0 spiro atoms. The number of amides is 1. The first-order valence-corrected chi connectivity index (χ1v) is 10.4.